The van der Waals surface area contributed by atoms with Crippen molar-refractivity contribution in [1.82, 2.24) is 14.8 Å². The van der Waals surface area contributed by atoms with Gasteiger partial charge in [0.15, 0.2) is 5.11 Å². The number of fused-ring (bicyclic) bond motifs is 1. The molecule has 0 spiro atoms. The molecule has 1 saturated carbocycles. The number of halogens is 2. The van der Waals surface area contributed by atoms with Gasteiger partial charge >= 0.3 is 0 Å². The fourth-order valence-electron chi connectivity index (χ4n) is 4.16. The number of benzene rings is 1. The highest BCUT2D eigenvalue weighted by Gasteiger charge is 2.32. The molecule has 1 aliphatic heterocycles. The zero-order chi connectivity index (χ0) is 18.1. The third kappa shape index (κ3) is 3.60. The molecule has 1 unspecified atom stereocenters. The maximum Gasteiger partial charge on any atom is 0.170 e. The first-order chi connectivity index (χ1) is 12.6. The summed E-state index contributed by atoms with van der Waals surface area (Å²) >= 11 is 18.5. The van der Waals surface area contributed by atoms with Crippen LogP contribution in [-0.4, -0.2) is 27.2 Å². The molecule has 0 radical (unpaired) electrons. The van der Waals surface area contributed by atoms with Crippen molar-refractivity contribution >= 4 is 40.5 Å². The first-order valence-electron chi connectivity index (χ1n) is 9.30. The number of nitrogens with zero attached hydrogens (tertiary/aromatic N) is 2. The van der Waals surface area contributed by atoms with E-state index in [1.165, 1.54) is 37.8 Å². The summed E-state index contributed by atoms with van der Waals surface area (Å²) in [6, 6.07) is 10.5. The van der Waals surface area contributed by atoms with E-state index >= 15 is 0 Å². The predicted molar refractivity (Wildman–Crippen MR) is 112 cm³/mol. The largest absolute Gasteiger partial charge is 0.360 e. The van der Waals surface area contributed by atoms with Crippen LogP contribution in [0.25, 0.3) is 0 Å². The first kappa shape index (κ1) is 18.1. The van der Waals surface area contributed by atoms with Gasteiger partial charge in [0.2, 0.25) is 0 Å². The van der Waals surface area contributed by atoms with Gasteiger partial charge in [-0.05, 0) is 54.9 Å². The average molecular weight is 408 g/mol. The Morgan fingerprint density at radius 1 is 1.08 bits per heavy atom. The molecule has 1 fully saturated rings. The maximum absolute atomic E-state index is 6.57. The Labute approximate surface area is 170 Å². The molecule has 0 amide bonds. The van der Waals surface area contributed by atoms with Crippen molar-refractivity contribution in [3.05, 3.63) is 57.8 Å². The summed E-state index contributed by atoms with van der Waals surface area (Å²) in [4.78, 5) is 2.29. The van der Waals surface area contributed by atoms with Crippen LogP contribution in [0.2, 0.25) is 10.0 Å². The predicted octanol–water partition coefficient (Wildman–Crippen LogP) is 5.41. The van der Waals surface area contributed by atoms with Crippen molar-refractivity contribution in [2.45, 2.75) is 50.7 Å². The summed E-state index contributed by atoms with van der Waals surface area (Å²) in [5.41, 5.74) is 2.26. The van der Waals surface area contributed by atoms with Crippen LogP contribution < -0.4 is 5.32 Å². The van der Waals surface area contributed by atoms with Crippen LogP contribution in [0, 0.1) is 0 Å². The molecule has 1 aromatic carbocycles. The van der Waals surface area contributed by atoms with Crippen LogP contribution in [0.15, 0.2) is 36.5 Å². The van der Waals surface area contributed by atoms with E-state index in [4.69, 9.17) is 35.4 Å². The summed E-state index contributed by atoms with van der Waals surface area (Å²) in [7, 11) is 0. The molecule has 3 nitrogen and oxygen atoms in total. The lowest BCUT2D eigenvalue weighted by molar-refractivity contribution is 0.278. The minimum absolute atomic E-state index is 0.00658. The molecule has 2 heterocycles. The van der Waals surface area contributed by atoms with Crippen molar-refractivity contribution in [3.8, 4) is 0 Å². The summed E-state index contributed by atoms with van der Waals surface area (Å²) in [6.45, 7) is 1.79. The van der Waals surface area contributed by atoms with Gasteiger partial charge in [-0.3, -0.25) is 0 Å². The molecular weight excluding hydrogens is 385 g/mol. The first-order valence-corrected chi connectivity index (χ1v) is 10.5. The third-order valence-electron chi connectivity index (χ3n) is 5.49. The van der Waals surface area contributed by atoms with E-state index in [-0.39, 0.29) is 6.04 Å². The molecule has 1 aromatic heterocycles. The molecule has 1 aliphatic carbocycles. The summed E-state index contributed by atoms with van der Waals surface area (Å²) in [5.74, 6) is 0. The van der Waals surface area contributed by atoms with Crippen molar-refractivity contribution in [1.29, 1.82) is 0 Å². The normalized spacial score (nSPS) is 20.7. The van der Waals surface area contributed by atoms with Crippen molar-refractivity contribution in [3.63, 3.8) is 0 Å². The second kappa shape index (κ2) is 7.79. The number of aromatic nitrogens is 1. The Hall–Kier alpha value is -1.23. The second-order valence-corrected chi connectivity index (χ2v) is 8.40. The van der Waals surface area contributed by atoms with E-state index in [9.17, 15) is 0 Å². The third-order valence-corrected chi connectivity index (χ3v) is 6.40. The Bertz CT molecular complexity index is 798. The lowest BCUT2D eigenvalue weighted by atomic mass is 9.95. The number of thiocarbonyl (C=S) groups is 1. The highest BCUT2D eigenvalue weighted by Crippen LogP contribution is 2.37. The Kier molecular flexibility index (Phi) is 5.44. The summed E-state index contributed by atoms with van der Waals surface area (Å²) in [5, 5.41) is 5.79. The molecule has 1 atom stereocenters. The van der Waals surface area contributed by atoms with Gasteiger partial charge in [0.25, 0.3) is 0 Å². The fourth-order valence-corrected chi connectivity index (χ4v) is 5.03. The minimum atomic E-state index is 0.00658. The van der Waals surface area contributed by atoms with Gasteiger partial charge in [-0.15, -0.1) is 0 Å². The van der Waals surface area contributed by atoms with E-state index in [0.29, 0.717) is 16.1 Å². The van der Waals surface area contributed by atoms with Gasteiger partial charge in [-0.1, -0.05) is 48.5 Å². The van der Waals surface area contributed by atoms with Gasteiger partial charge in [-0.25, -0.2) is 0 Å². The van der Waals surface area contributed by atoms with Crippen LogP contribution in [0.3, 0.4) is 0 Å². The van der Waals surface area contributed by atoms with Crippen LogP contribution in [-0.2, 0) is 6.54 Å². The van der Waals surface area contributed by atoms with Crippen LogP contribution in [0.4, 0.5) is 0 Å². The van der Waals surface area contributed by atoms with Gasteiger partial charge in [0, 0.05) is 41.1 Å². The highest BCUT2D eigenvalue weighted by atomic mass is 35.5. The van der Waals surface area contributed by atoms with Gasteiger partial charge in [0.05, 0.1) is 6.04 Å². The molecule has 2 aliphatic rings. The Balaban J connectivity index is 1.65. The molecule has 0 saturated heterocycles. The Morgan fingerprint density at radius 2 is 1.88 bits per heavy atom. The van der Waals surface area contributed by atoms with E-state index in [0.717, 1.165) is 23.8 Å². The lowest BCUT2D eigenvalue weighted by Crippen LogP contribution is -2.50. The van der Waals surface area contributed by atoms with E-state index in [1.807, 2.05) is 18.2 Å². The number of rotatable bonds is 2. The summed E-state index contributed by atoms with van der Waals surface area (Å²) < 4.78 is 2.29. The molecular formula is C20H23Cl2N3S. The topological polar surface area (TPSA) is 20.2 Å². The van der Waals surface area contributed by atoms with Crippen molar-refractivity contribution in [2.24, 2.45) is 0 Å². The van der Waals surface area contributed by atoms with E-state index in [1.54, 1.807) is 0 Å². The second-order valence-electron chi connectivity index (χ2n) is 7.17. The molecule has 138 valence electrons. The smallest absolute Gasteiger partial charge is 0.170 e. The molecule has 1 N–H and O–H groups in total. The average Bonchev–Trinajstić information content (AvgIpc) is 3.11. The van der Waals surface area contributed by atoms with Gasteiger partial charge in [-0.2, -0.15) is 0 Å². The molecule has 4 rings (SSSR count). The number of hydrogen-bond donors (Lipinski definition) is 1. The van der Waals surface area contributed by atoms with Crippen LogP contribution >= 0.6 is 35.4 Å². The molecule has 0 bridgehead atoms. The van der Waals surface area contributed by atoms with E-state index < -0.39 is 0 Å². The standard InChI is InChI=1S/C20H23Cl2N3S/c21-14-8-9-16(17(22)13-14)19-18-7-4-10-24(18)11-12-25(19)20(26)23-15-5-2-1-3-6-15/h4,7-10,13,15,19H,1-3,5-6,11-12H2,(H,23,26). The lowest BCUT2D eigenvalue weighted by Gasteiger charge is -2.40. The van der Waals surface area contributed by atoms with Crippen LogP contribution in [0.5, 0.6) is 0 Å². The summed E-state index contributed by atoms with van der Waals surface area (Å²) in [6.07, 6.45) is 8.45. The molecule has 26 heavy (non-hydrogen) atoms. The zero-order valence-electron chi connectivity index (χ0n) is 14.6. The Morgan fingerprint density at radius 3 is 2.65 bits per heavy atom. The number of hydrogen-bond acceptors (Lipinski definition) is 1. The monoisotopic (exact) mass is 407 g/mol. The van der Waals surface area contributed by atoms with Gasteiger partial charge in [0.1, 0.15) is 0 Å². The van der Waals surface area contributed by atoms with Gasteiger partial charge < -0.3 is 14.8 Å². The quantitative estimate of drug-likeness (QED) is 0.672. The molecule has 6 heteroatoms. The minimum Gasteiger partial charge on any atom is -0.360 e. The van der Waals surface area contributed by atoms with Crippen molar-refractivity contribution in [2.75, 3.05) is 6.54 Å². The van der Waals surface area contributed by atoms with E-state index in [2.05, 4.69) is 33.1 Å². The zero-order valence-corrected chi connectivity index (χ0v) is 17.0. The van der Waals surface area contributed by atoms with Crippen LogP contribution in [0.1, 0.15) is 49.4 Å². The fraction of sp³-hybridized carbons (Fsp3) is 0.450. The highest BCUT2D eigenvalue weighted by molar-refractivity contribution is 7.80. The number of nitrogens with one attached hydrogen (secondary N) is 1. The van der Waals surface area contributed by atoms with Crippen molar-refractivity contribution < 1.29 is 0 Å². The SMILES string of the molecule is S=C(NC1CCCCC1)N1CCn2cccc2C1c1ccc(Cl)cc1Cl. The molecule has 2 aromatic rings. The maximum atomic E-state index is 6.57.